The minimum absolute atomic E-state index is 0.0417. The largest absolute Gasteiger partial charge is 0.484 e. The lowest BCUT2D eigenvalue weighted by molar-refractivity contribution is -0.118. The predicted octanol–water partition coefficient (Wildman–Crippen LogP) is 3.64. The average Bonchev–Trinajstić information content (AvgIpc) is 2.69. The van der Waals surface area contributed by atoms with Crippen molar-refractivity contribution in [1.82, 2.24) is 4.90 Å². The second-order valence-corrected chi connectivity index (χ2v) is 7.43. The highest BCUT2D eigenvalue weighted by Crippen LogP contribution is 2.22. The number of hydrogen-bond donors (Lipinski definition) is 1. The van der Waals surface area contributed by atoms with Crippen LogP contribution < -0.4 is 10.1 Å². The van der Waals surface area contributed by atoms with Crippen LogP contribution in [0.1, 0.15) is 22.3 Å². The molecule has 1 fully saturated rings. The van der Waals surface area contributed by atoms with Crippen molar-refractivity contribution in [1.29, 1.82) is 0 Å². The summed E-state index contributed by atoms with van der Waals surface area (Å²) in [6, 6.07) is 11.7. The standard InChI is InChI=1S/C22H26N2O3S/c1-15-12-16(2)21(17(3)13-15)23-20(25)14-27-19-6-4-18(5-7-19)22(28)24-8-10-26-11-9-24/h4-7,12-13H,8-11,14H2,1-3H3,(H,23,25). The van der Waals surface area contributed by atoms with Gasteiger partial charge in [0.1, 0.15) is 10.7 Å². The van der Waals surface area contributed by atoms with Gasteiger partial charge in [-0.3, -0.25) is 4.79 Å². The molecule has 28 heavy (non-hydrogen) atoms. The van der Waals surface area contributed by atoms with Gasteiger partial charge in [-0.2, -0.15) is 0 Å². The fourth-order valence-electron chi connectivity index (χ4n) is 3.34. The molecule has 1 N–H and O–H groups in total. The molecule has 148 valence electrons. The van der Waals surface area contributed by atoms with Crippen LogP contribution in [-0.4, -0.2) is 48.7 Å². The van der Waals surface area contributed by atoms with Crippen molar-refractivity contribution in [2.75, 3.05) is 38.2 Å². The number of hydrogen-bond acceptors (Lipinski definition) is 4. The molecule has 1 aliphatic heterocycles. The molecule has 0 radical (unpaired) electrons. The number of aryl methyl sites for hydroxylation is 3. The molecule has 0 aromatic heterocycles. The van der Waals surface area contributed by atoms with Gasteiger partial charge in [-0.1, -0.05) is 29.9 Å². The Morgan fingerprint density at radius 1 is 1.11 bits per heavy atom. The molecule has 0 unspecified atom stereocenters. The van der Waals surface area contributed by atoms with E-state index in [0.717, 1.165) is 40.5 Å². The molecule has 3 rings (SSSR count). The molecular formula is C22H26N2O3S. The van der Waals surface area contributed by atoms with Crippen molar-refractivity contribution >= 4 is 28.8 Å². The second kappa shape index (κ2) is 9.17. The van der Waals surface area contributed by atoms with E-state index in [9.17, 15) is 4.79 Å². The van der Waals surface area contributed by atoms with Crippen molar-refractivity contribution in [3.05, 3.63) is 58.7 Å². The van der Waals surface area contributed by atoms with Crippen molar-refractivity contribution in [3.63, 3.8) is 0 Å². The first-order valence-electron chi connectivity index (χ1n) is 9.41. The second-order valence-electron chi connectivity index (χ2n) is 7.04. The van der Waals surface area contributed by atoms with Gasteiger partial charge in [0.2, 0.25) is 0 Å². The van der Waals surface area contributed by atoms with Crippen molar-refractivity contribution in [3.8, 4) is 5.75 Å². The van der Waals surface area contributed by atoms with Gasteiger partial charge in [0.05, 0.1) is 13.2 Å². The lowest BCUT2D eigenvalue weighted by Gasteiger charge is -2.29. The molecule has 2 aromatic carbocycles. The Hall–Kier alpha value is -2.44. The Balaban J connectivity index is 1.54. The van der Waals surface area contributed by atoms with Crippen LogP contribution >= 0.6 is 12.2 Å². The van der Waals surface area contributed by atoms with E-state index in [1.54, 1.807) is 0 Å². The maximum absolute atomic E-state index is 12.3. The highest BCUT2D eigenvalue weighted by atomic mass is 32.1. The zero-order valence-electron chi connectivity index (χ0n) is 16.6. The third-order valence-corrected chi connectivity index (χ3v) is 5.20. The zero-order valence-corrected chi connectivity index (χ0v) is 17.4. The molecule has 0 spiro atoms. The molecule has 0 atom stereocenters. The number of anilines is 1. The smallest absolute Gasteiger partial charge is 0.262 e. The van der Waals surface area contributed by atoms with Crippen molar-refractivity contribution < 1.29 is 14.3 Å². The van der Waals surface area contributed by atoms with Gasteiger partial charge >= 0.3 is 0 Å². The van der Waals surface area contributed by atoms with Gasteiger partial charge in [0.15, 0.2) is 6.61 Å². The summed E-state index contributed by atoms with van der Waals surface area (Å²) in [7, 11) is 0. The molecule has 6 heteroatoms. The normalized spacial score (nSPS) is 13.9. The number of ether oxygens (including phenoxy) is 2. The highest BCUT2D eigenvalue weighted by Gasteiger charge is 2.15. The van der Waals surface area contributed by atoms with E-state index in [0.29, 0.717) is 19.0 Å². The summed E-state index contributed by atoms with van der Waals surface area (Å²) >= 11 is 5.56. The number of rotatable bonds is 5. The van der Waals surface area contributed by atoms with E-state index < -0.39 is 0 Å². The number of amides is 1. The minimum Gasteiger partial charge on any atom is -0.484 e. The fraction of sp³-hybridized carbons (Fsp3) is 0.364. The Morgan fingerprint density at radius 3 is 2.32 bits per heavy atom. The number of nitrogens with one attached hydrogen (secondary N) is 1. The molecular weight excluding hydrogens is 372 g/mol. The van der Waals surface area contributed by atoms with Gasteiger partial charge in [0, 0.05) is 24.3 Å². The quantitative estimate of drug-likeness (QED) is 0.780. The molecule has 0 saturated carbocycles. The zero-order chi connectivity index (χ0) is 20.1. The van der Waals surface area contributed by atoms with Crippen molar-refractivity contribution in [2.45, 2.75) is 20.8 Å². The molecule has 1 aliphatic rings. The van der Waals surface area contributed by atoms with Crippen LogP contribution in [0.3, 0.4) is 0 Å². The summed E-state index contributed by atoms with van der Waals surface area (Å²) in [5.41, 5.74) is 5.10. The maximum atomic E-state index is 12.3. The first-order valence-corrected chi connectivity index (χ1v) is 9.82. The summed E-state index contributed by atoms with van der Waals surface area (Å²) < 4.78 is 11.0. The predicted molar refractivity (Wildman–Crippen MR) is 115 cm³/mol. The maximum Gasteiger partial charge on any atom is 0.262 e. The van der Waals surface area contributed by atoms with E-state index in [-0.39, 0.29) is 12.5 Å². The van der Waals surface area contributed by atoms with Crippen LogP contribution in [0, 0.1) is 20.8 Å². The number of nitrogens with zero attached hydrogens (tertiary/aromatic N) is 1. The Labute approximate surface area is 171 Å². The monoisotopic (exact) mass is 398 g/mol. The van der Waals surface area contributed by atoms with E-state index in [2.05, 4.69) is 22.3 Å². The summed E-state index contributed by atoms with van der Waals surface area (Å²) in [5.74, 6) is 0.462. The summed E-state index contributed by atoms with van der Waals surface area (Å²) in [4.78, 5) is 15.2. The summed E-state index contributed by atoms with van der Waals surface area (Å²) in [5, 5.41) is 2.95. The van der Waals surface area contributed by atoms with E-state index in [1.807, 2.05) is 45.0 Å². The number of carbonyl (C=O) groups is 1. The van der Waals surface area contributed by atoms with Gasteiger partial charge in [-0.25, -0.2) is 0 Å². The third kappa shape index (κ3) is 5.09. The molecule has 0 bridgehead atoms. The van der Waals surface area contributed by atoms with E-state index >= 15 is 0 Å². The van der Waals surface area contributed by atoms with Gasteiger partial charge < -0.3 is 19.7 Å². The molecule has 1 heterocycles. The van der Waals surface area contributed by atoms with Crippen LogP contribution in [0.2, 0.25) is 0 Å². The number of thiocarbonyl (C=S) groups is 1. The first-order chi connectivity index (χ1) is 13.4. The lowest BCUT2D eigenvalue weighted by atomic mass is 10.1. The third-order valence-electron chi connectivity index (χ3n) is 4.71. The molecule has 0 aliphatic carbocycles. The first kappa shape index (κ1) is 20.3. The Morgan fingerprint density at radius 2 is 1.71 bits per heavy atom. The van der Waals surface area contributed by atoms with Crippen LogP contribution in [0.25, 0.3) is 0 Å². The minimum atomic E-state index is -0.178. The number of benzene rings is 2. The van der Waals surface area contributed by atoms with E-state index in [1.165, 1.54) is 5.56 Å². The van der Waals surface area contributed by atoms with Gasteiger partial charge in [-0.05, 0) is 56.2 Å². The van der Waals surface area contributed by atoms with Crippen LogP contribution in [-0.2, 0) is 9.53 Å². The summed E-state index contributed by atoms with van der Waals surface area (Å²) in [6.45, 7) is 9.03. The van der Waals surface area contributed by atoms with Crippen molar-refractivity contribution in [2.24, 2.45) is 0 Å². The Bertz CT molecular complexity index is 836. The SMILES string of the molecule is Cc1cc(C)c(NC(=O)COc2ccc(C(=S)N3CCOCC3)cc2)c(C)c1. The fourth-order valence-corrected chi connectivity index (χ4v) is 3.66. The average molecular weight is 399 g/mol. The lowest BCUT2D eigenvalue weighted by Crippen LogP contribution is -2.40. The molecule has 2 aromatic rings. The topological polar surface area (TPSA) is 50.8 Å². The molecule has 5 nitrogen and oxygen atoms in total. The number of carbonyl (C=O) groups excluding carboxylic acids is 1. The van der Waals surface area contributed by atoms with Crippen LogP contribution in [0.5, 0.6) is 5.75 Å². The van der Waals surface area contributed by atoms with Crippen LogP contribution in [0.4, 0.5) is 5.69 Å². The van der Waals surface area contributed by atoms with E-state index in [4.69, 9.17) is 21.7 Å². The van der Waals surface area contributed by atoms with Gasteiger partial charge in [0.25, 0.3) is 5.91 Å². The number of morpholine rings is 1. The molecule has 1 saturated heterocycles. The highest BCUT2D eigenvalue weighted by molar-refractivity contribution is 7.80. The summed E-state index contributed by atoms with van der Waals surface area (Å²) in [6.07, 6.45) is 0. The van der Waals surface area contributed by atoms with Gasteiger partial charge in [-0.15, -0.1) is 0 Å². The molecule has 1 amide bonds. The Kier molecular flexibility index (Phi) is 6.65. The van der Waals surface area contributed by atoms with Crippen LogP contribution in [0.15, 0.2) is 36.4 Å².